The van der Waals surface area contributed by atoms with E-state index in [2.05, 4.69) is 10.3 Å². The second kappa shape index (κ2) is 13.3. The molecule has 1 aromatic carbocycles. The van der Waals surface area contributed by atoms with Crippen molar-refractivity contribution < 1.29 is 37.5 Å². The van der Waals surface area contributed by atoms with E-state index in [9.17, 15) is 27.6 Å². The van der Waals surface area contributed by atoms with Crippen LogP contribution in [0.25, 0.3) is 10.2 Å². The normalized spacial score (nSPS) is 16.6. The molecule has 13 heteroatoms. The summed E-state index contributed by atoms with van der Waals surface area (Å²) in [4.78, 5) is 52.7. The Kier molecular flexibility index (Phi) is 10.8. The third kappa shape index (κ3) is 8.55. The van der Waals surface area contributed by atoms with Crippen LogP contribution in [0.2, 0.25) is 0 Å². The zero-order valence-corrected chi connectivity index (χ0v) is 20.5. The first-order valence-corrected chi connectivity index (χ1v) is 12.2. The molecule has 36 heavy (non-hydrogen) atoms. The largest absolute Gasteiger partial charge is 0.490 e. The Morgan fingerprint density at radius 1 is 1.25 bits per heavy atom. The van der Waals surface area contributed by atoms with Gasteiger partial charge in [0.2, 0.25) is 17.6 Å². The number of amides is 2. The molecule has 2 atom stereocenters. The first-order chi connectivity index (χ1) is 16.9. The molecule has 2 amide bonds. The Morgan fingerprint density at radius 2 is 1.92 bits per heavy atom. The number of alkyl halides is 3. The van der Waals surface area contributed by atoms with Crippen molar-refractivity contribution in [2.75, 3.05) is 19.6 Å². The van der Waals surface area contributed by atoms with E-state index >= 15 is 0 Å². The van der Waals surface area contributed by atoms with Gasteiger partial charge in [0.25, 0.3) is 0 Å². The number of nitrogens with one attached hydrogen (secondary N) is 1. The molecule has 0 aliphatic carbocycles. The average molecular weight is 531 g/mol. The summed E-state index contributed by atoms with van der Waals surface area (Å²) in [5, 5.41) is 10.5. The number of para-hydroxylation sites is 1. The van der Waals surface area contributed by atoms with Crippen LogP contribution in [-0.4, -0.2) is 70.4 Å². The summed E-state index contributed by atoms with van der Waals surface area (Å²) >= 11 is 1.35. The highest BCUT2D eigenvalue weighted by atomic mass is 32.1. The highest BCUT2D eigenvalue weighted by Gasteiger charge is 2.38. The molecule has 2 aromatic rings. The number of carbonyl (C=O) groups is 4. The topological polar surface area (TPSA) is 143 Å². The van der Waals surface area contributed by atoms with Gasteiger partial charge < -0.3 is 21.1 Å². The molecule has 0 radical (unpaired) electrons. The Bertz CT molecular complexity index is 1040. The van der Waals surface area contributed by atoms with Gasteiger partial charge in [0.15, 0.2) is 5.01 Å². The molecule has 9 nitrogen and oxygen atoms in total. The molecule has 1 saturated heterocycles. The van der Waals surface area contributed by atoms with Crippen molar-refractivity contribution >= 4 is 45.1 Å². The van der Waals surface area contributed by atoms with E-state index in [0.29, 0.717) is 31.1 Å². The second-order valence-corrected chi connectivity index (χ2v) is 9.33. The fourth-order valence-electron chi connectivity index (χ4n) is 3.65. The number of benzene rings is 1. The number of halogens is 3. The van der Waals surface area contributed by atoms with Gasteiger partial charge in [0.05, 0.1) is 22.2 Å². The summed E-state index contributed by atoms with van der Waals surface area (Å²) in [7, 11) is 0. The number of carbonyl (C=O) groups excluding carboxylic acids is 3. The number of nitrogens with two attached hydrogens (primary N) is 1. The van der Waals surface area contributed by atoms with E-state index in [1.54, 1.807) is 4.90 Å². The minimum absolute atomic E-state index is 0.0208. The molecular weight excluding hydrogens is 501 g/mol. The van der Waals surface area contributed by atoms with Crippen LogP contribution in [0.15, 0.2) is 24.3 Å². The number of piperidine rings is 1. The number of carboxylic acid groups (broad SMARTS) is 1. The van der Waals surface area contributed by atoms with Crippen molar-refractivity contribution in [2.45, 2.75) is 51.2 Å². The third-order valence-electron chi connectivity index (χ3n) is 5.56. The molecule has 1 aliphatic rings. The van der Waals surface area contributed by atoms with Crippen LogP contribution in [0.5, 0.6) is 0 Å². The fraction of sp³-hybridized carbons (Fsp3) is 0.522. The highest BCUT2D eigenvalue weighted by Crippen LogP contribution is 2.24. The van der Waals surface area contributed by atoms with Gasteiger partial charge in [-0.15, -0.1) is 11.3 Å². The minimum Gasteiger partial charge on any atom is -0.475 e. The first-order valence-electron chi connectivity index (χ1n) is 11.4. The van der Waals surface area contributed by atoms with Crippen LogP contribution in [0.1, 0.15) is 48.8 Å². The van der Waals surface area contributed by atoms with Gasteiger partial charge in [-0.1, -0.05) is 12.1 Å². The van der Waals surface area contributed by atoms with E-state index in [1.165, 1.54) is 18.3 Å². The number of aliphatic carboxylic acids is 1. The number of likely N-dealkylation sites (tertiary alicyclic amines) is 1. The van der Waals surface area contributed by atoms with Crippen molar-refractivity contribution in [3.8, 4) is 0 Å². The molecule has 3 rings (SSSR count). The predicted octanol–water partition coefficient (Wildman–Crippen LogP) is 2.98. The molecular formula is C23H29F3N4O5S. The standard InChI is InChI=1S/C21H28N4O3S.C2HF3O2/c1-14(26)25-12-6-7-15(13-25)20(28)23-17(9-4-5-11-22)19(27)21-24-16-8-2-3-10-18(16)29-21;3-2(4,5)1(6)7/h2-3,8,10,15,17H,4-7,9,11-13,22H2,1H3,(H,23,28);(H,6,7)/t15-,17?;/m0./s1. The zero-order valence-electron chi connectivity index (χ0n) is 19.7. The maximum Gasteiger partial charge on any atom is 0.490 e. The van der Waals surface area contributed by atoms with Crippen LogP contribution in [0.4, 0.5) is 13.2 Å². The van der Waals surface area contributed by atoms with Crippen molar-refractivity contribution in [3.05, 3.63) is 29.3 Å². The number of thiazole rings is 1. The number of Topliss-reactive ketones (excluding diaryl/α,β-unsaturated/α-hetero) is 1. The number of hydrogen-bond donors (Lipinski definition) is 3. The van der Waals surface area contributed by atoms with Crippen molar-refractivity contribution in [2.24, 2.45) is 11.7 Å². The summed E-state index contributed by atoms with van der Waals surface area (Å²) in [5.74, 6) is -3.38. The zero-order chi connectivity index (χ0) is 26.9. The summed E-state index contributed by atoms with van der Waals surface area (Å²) in [6.07, 6.45) is -1.49. The molecule has 0 saturated carbocycles. The van der Waals surface area contributed by atoms with Gasteiger partial charge in [0.1, 0.15) is 0 Å². The maximum atomic E-state index is 13.1. The van der Waals surface area contributed by atoms with Gasteiger partial charge in [-0.2, -0.15) is 13.2 Å². The third-order valence-corrected chi connectivity index (χ3v) is 6.62. The molecule has 198 valence electrons. The first kappa shape index (κ1) is 29.2. The Morgan fingerprint density at radius 3 is 2.50 bits per heavy atom. The number of aromatic nitrogens is 1. The van der Waals surface area contributed by atoms with E-state index in [4.69, 9.17) is 15.6 Å². The molecule has 0 spiro atoms. The van der Waals surface area contributed by atoms with Crippen LogP contribution < -0.4 is 11.1 Å². The Labute approximate surface area is 209 Å². The highest BCUT2D eigenvalue weighted by molar-refractivity contribution is 7.20. The number of unbranched alkanes of at least 4 members (excludes halogenated alkanes) is 1. The molecule has 2 heterocycles. The van der Waals surface area contributed by atoms with Gasteiger partial charge in [-0.25, -0.2) is 9.78 Å². The molecule has 4 N–H and O–H groups in total. The minimum atomic E-state index is -5.08. The monoisotopic (exact) mass is 530 g/mol. The lowest BCUT2D eigenvalue weighted by Crippen LogP contribution is -2.49. The number of hydrogen-bond acceptors (Lipinski definition) is 7. The van der Waals surface area contributed by atoms with E-state index < -0.39 is 18.2 Å². The predicted molar refractivity (Wildman–Crippen MR) is 127 cm³/mol. The number of nitrogens with zero attached hydrogens (tertiary/aromatic N) is 2. The molecule has 1 fully saturated rings. The quantitative estimate of drug-likeness (QED) is 0.352. The SMILES string of the molecule is CC(=O)N1CCC[C@H](C(=O)NC(CCCCN)C(=O)c2nc3ccccc3s2)C1.O=C(O)C(F)(F)F. The smallest absolute Gasteiger partial charge is 0.475 e. The lowest BCUT2D eigenvalue weighted by atomic mass is 9.96. The van der Waals surface area contributed by atoms with Gasteiger partial charge >= 0.3 is 12.1 Å². The summed E-state index contributed by atoms with van der Waals surface area (Å²) in [6.45, 7) is 3.16. The van der Waals surface area contributed by atoms with Gasteiger partial charge in [-0.05, 0) is 50.8 Å². The van der Waals surface area contributed by atoms with Crippen LogP contribution in [0, 0.1) is 5.92 Å². The number of ketones is 1. The van der Waals surface area contributed by atoms with E-state index in [-0.39, 0.29) is 23.5 Å². The molecule has 1 aromatic heterocycles. The average Bonchev–Trinajstić information content (AvgIpc) is 3.27. The summed E-state index contributed by atoms with van der Waals surface area (Å²) in [5.41, 5.74) is 6.38. The second-order valence-electron chi connectivity index (χ2n) is 8.30. The van der Waals surface area contributed by atoms with Crippen molar-refractivity contribution in [1.82, 2.24) is 15.2 Å². The van der Waals surface area contributed by atoms with Gasteiger partial charge in [0, 0.05) is 20.0 Å². The molecule has 1 aliphatic heterocycles. The Hall–Kier alpha value is -3.06. The lowest BCUT2D eigenvalue weighted by Gasteiger charge is -2.32. The van der Waals surface area contributed by atoms with E-state index in [0.717, 1.165) is 35.9 Å². The van der Waals surface area contributed by atoms with Crippen LogP contribution in [-0.2, 0) is 14.4 Å². The number of carboxylic acids is 1. The van der Waals surface area contributed by atoms with Crippen molar-refractivity contribution in [3.63, 3.8) is 0 Å². The number of fused-ring (bicyclic) bond motifs is 1. The van der Waals surface area contributed by atoms with Crippen LogP contribution >= 0.6 is 11.3 Å². The lowest BCUT2D eigenvalue weighted by molar-refractivity contribution is -0.192. The van der Waals surface area contributed by atoms with Gasteiger partial charge in [-0.3, -0.25) is 14.4 Å². The van der Waals surface area contributed by atoms with Crippen molar-refractivity contribution in [1.29, 1.82) is 0 Å². The summed E-state index contributed by atoms with van der Waals surface area (Å²) < 4.78 is 32.7. The Balaban J connectivity index is 0.000000572. The summed E-state index contributed by atoms with van der Waals surface area (Å²) in [6, 6.07) is 7.00. The van der Waals surface area contributed by atoms with E-state index in [1.807, 2.05) is 24.3 Å². The fourth-order valence-corrected chi connectivity index (χ4v) is 4.62. The maximum absolute atomic E-state index is 13.1. The molecule has 0 bridgehead atoms. The number of rotatable bonds is 8. The van der Waals surface area contributed by atoms with Crippen LogP contribution in [0.3, 0.4) is 0 Å². The molecule has 1 unspecified atom stereocenters.